The molecule has 0 saturated carbocycles. The third kappa shape index (κ3) is 6.80. The summed E-state index contributed by atoms with van der Waals surface area (Å²) in [6.45, 7) is 0. The molecule has 7 aromatic carbocycles. The molecule has 1 fully saturated rings. The molecular formula is C49H45O7P. The van der Waals surface area contributed by atoms with Crippen LogP contribution < -0.4 is 33.7 Å². The average Bonchev–Trinajstić information content (AvgIpc) is 3.27. The van der Waals surface area contributed by atoms with Crippen LogP contribution in [0, 0.1) is 0 Å². The number of carbonyl (C=O) groups is 1. The minimum Gasteiger partial charge on any atom is -0.496 e. The standard InChI is InChI=1S/C49H45O7P/c1-51-33-26-41(53-3)47(42(27-33)54-4)39-22-13-23-40(48-43(55-5)28-34(52-2)29-44(48)56-6)49(39)57-45(37-20-11-16-30-14-7-9-18-35(30)37)24-32(50)25-46(57)38-21-12-17-31-15-8-10-19-36(31)38/h7-23,26-29,45-46H,24-25H2,1-6H3. The van der Waals surface area contributed by atoms with Gasteiger partial charge in [0, 0.05) is 48.4 Å². The quantitative estimate of drug-likeness (QED) is 0.121. The van der Waals surface area contributed by atoms with Gasteiger partial charge >= 0.3 is 0 Å². The summed E-state index contributed by atoms with van der Waals surface area (Å²) >= 11 is 0. The summed E-state index contributed by atoms with van der Waals surface area (Å²) in [4.78, 5) is 14.4. The zero-order chi connectivity index (χ0) is 39.6. The van der Waals surface area contributed by atoms with Gasteiger partial charge in [-0.2, -0.15) is 0 Å². The van der Waals surface area contributed by atoms with E-state index in [0.717, 1.165) is 60.2 Å². The van der Waals surface area contributed by atoms with Crippen LogP contribution in [-0.2, 0) is 4.79 Å². The summed E-state index contributed by atoms with van der Waals surface area (Å²) < 4.78 is 36.1. The van der Waals surface area contributed by atoms with Crippen LogP contribution in [0.15, 0.2) is 127 Å². The molecule has 1 heterocycles. The average molecular weight is 777 g/mol. The van der Waals surface area contributed by atoms with E-state index in [1.807, 2.05) is 24.3 Å². The molecule has 0 radical (unpaired) electrons. The van der Waals surface area contributed by atoms with E-state index in [1.54, 1.807) is 42.7 Å². The van der Waals surface area contributed by atoms with Gasteiger partial charge in [0.15, 0.2) is 0 Å². The largest absolute Gasteiger partial charge is 0.496 e. The lowest BCUT2D eigenvalue weighted by atomic mass is 9.94. The molecule has 0 aromatic heterocycles. The van der Waals surface area contributed by atoms with E-state index >= 15 is 0 Å². The van der Waals surface area contributed by atoms with E-state index in [0.29, 0.717) is 47.3 Å². The van der Waals surface area contributed by atoms with Gasteiger partial charge in [-0.3, -0.25) is 4.79 Å². The van der Waals surface area contributed by atoms with Gasteiger partial charge in [-0.15, -0.1) is 0 Å². The third-order valence-electron chi connectivity index (χ3n) is 11.1. The molecule has 57 heavy (non-hydrogen) atoms. The summed E-state index contributed by atoms with van der Waals surface area (Å²) in [7, 11) is 8.62. The maximum Gasteiger partial charge on any atom is 0.134 e. The maximum absolute atomic E-state index is 14.4. The van der Waals surface area contributed by atoms with Gasteiger partial charge < -0.3 is 28.4 Å². The molecule has 0 N–H and O–H groups in total. The first-order valence-corrected chi connectivity index (χ1v) is 20.4. The van der Waals surface area contributed by atoms with Gasteiger partial charge in [0.2, 0.25) is 0 Å². The molecule has 7 aromatic rings. The molecule has 8 heteroatoms. The van der Waals surface area contributed by atoms with Crippen LogP contribution in [-0.4, -0.2) is 48.4 Å². The Bertz CT molecular complexity index is 2380. The van der Waals surface area contributed by atoms with Crippen LogP contribution in [0.2, 0.25) is 0 Å². The summed E-state index contributed by atoms with van der Waals surface area (Å²) in [6, 6.07) is 43.8. The lowest BCUT2D eigenvalue weighted by Crippen LogP contribution is -2.26. The van der Waals surface area contributed by atoms with Crippen molar-refractivity contribution in [1.29, 1.82) is 0 Å². The second kappa shape index (κ2) is 16.2. The first-order chi connectivity index (χ1) is 27.9. The van der Waals surface area contributed by atoms with Crippen LogP contribution in [0.4, 0.5) is 0 Å². The molecule has 0 spiro atoms. The number of ether oxygens (including phenoxy) is 6. The smallest absolute Gasteiger partial charge is 0.134 e. The zero-order valence-electron chi connectivity index (χ0n) is 33.0. The van der Waals surface area contributed by atoms with E-state index in [-0.39, 0.29) is 17.1 Å². The van der Waals surface area contributed by atoms with Crippen molar-refractivity contribution in [1.82, 2.24) is 0 Å². The molecule has 288 valence electrons. The first kappa shape index (κ1) is 37.9. The van der Waals surface area contributed by atoms with Crippen molar-refractivity contribution in [2.75, 3.05) is 42.7 Å². The first-order valence-electron chi connectivity index (χ1n) is 18.9. The highest BCUT2D eigenvalue weighted by atomic mass is 31.1. The normalized spacial score (nSPS) is 16.7. The lowest BCUT2D eigenvalue weighted by molar-refractivity contribution is -0.119. The fourth-order valence-corrected chi connectivity index (χ4v) is 12.4. The van der Waals surface area contributed by atoms with Crippen molar-refractivity contribution in [3.8, 4) is 56.8 Å². The molecule has 0 bridgehead atoms. The Labute approximate surface area is 334 Å². The highest BCUT2D eigenvalue weighted by molar-refractivity contribution is 7.67. The van der Waals surface area contributed by atoms with Gasteiger partial charge in [0.05, 0.1) is 53.8 Å². The number of methoxy groups -OCH3 is 6. The Balaban J connectivity index is 1.56. The molecule has 2 unspecified atom stereocenters. The van der Waals surface area contributed by atoms with Crippen molar-refractivity contribution >= 4 is 40.6 Å². The van der Waals surface area contributed by atoms with Gasteiger partial charge in [0.1, 0.15) is 40.3 Å². The number of Topliss-reactive ketones (excluding diaryl/α,β-unsaturated/α-hetero) is 1. The number of carbonyl (C=O) groups excluding carboxylic acids is 1. The third-order valence-corrected chi connectivity index (χ3v) is 14.4. The molecule has 2 atom stereocenters. The Kier molecular flexibility index (Phi) is 10.8. The van der Waals surface area contributed by atoms with Crippen LogP contribution in [0.25, 0.3) is 43.8 Å². The predicted octanol–water partition coefficient (Wildman–Crippen LogP) is 11.3. The minimum absolute atomic E-state index is 0.165. The monoisotopic (exact) mass is 776 g/mol. The number of fused-ring (bicyclic) bond motifs is 2. The molecule has 7 nitrogen and oxygen atoms in total. The second-order valence-corrected chi connectivity index (χ2v) is 16.5. The number of ketones is 1. The second-order valence-electron chi connectivity index (χ2n) is 14.0. The van der Waals surface area contributed by atoms with Gasteiger partial charge in [-0.05, 0) is 49.1 Å². The van der Waals surface area contributed by atoms with E-state index in [9.17, 15) is 4.79 Å². The molecule has 0 aliphatic carbocycles. The zero-order valence-corrected chi connectivity index (χ0v) is 33.9. The SMILES string of the molecule is COc1cc(OC)c(-c2cccc(-c3c(OC)cc(OC)cc3OC)c2P2C(c3cccc4ccccc34)CC(=O)CC2c2cccc3ccccc23)c(OC)c1. The molecule has 1 saturated heterocycles. The van der Waals surface area contributed by atoms with Crippen LogP contribution in [0.3, 0.4) is 0 Å². The van der Waals surface area contributed by atoms with Crippen LogP contribution >= 0.6 is 7.92 Å². The minimum atomic E-state index is -1.31. The van der Waals surface area contributed by atoms with Crippen molar-refractivity contribution in [2.24, 2.45) is 0 Å². The topological polar surface area (TPSA) is 72.5 Å². The summed E-state index contributed by atoms with van der Waals surface area (Å²) in [5.74, 6) is 3.87. The number of rotatable bonds is 11. The maximum atomic E-state index is 14.4. The van der Waals surface area contributed by atoms with Gasteiger partial charge in [0.25, 0.3) is 0 Å². The Hall–Kier alpha value is -6.04. The van der Waals surface area contributed by atoms with Gasteiger partial charge in [-0.25, -0.2) is 0 Å². The van der Waals surface area contributed by atoms with E-state index in [2.05, 4.69) is 103 Å². The van der Waals surface area contributed by atoms with E-state index < -0.39 is 7.92 Å². The molecule has 0 amide bonds. The van der Waals surface area contributed by atoms with Crippen molar-refractivity contribution < 1.29 is 33.2 Å². The van der Waals surface area contributed by atoms with Crippen LogP contribution in [0.1, 0.15) is 35.3 Å². The van der Waals surface area contributed by atoms with E-state index in [1.165, 1.54) is 0 Å². The van der Waals surface area contributed by atoms with Crippen molar-refractivity contribution in [2.45, 2.75) is 24.2 Å². The number of hydrogen-bond donors (Lipinski definition) is 0. The van der Waals surface area contributed by atoms with E-state index in [4.69, 9.17) is 28.4 Å². The molecule has 1 aliphatic rings. The molecular weight excluding hydrogens is 732 g/mol. The fraction of sp³-hybridized carbons (Fsp3) is 0.204. The summed E-state index contributed by atoms with van der Waals surface area (Å²) in [5, 5.41) is 5.63. The van der Waals surface area contributed by atoms with Crippen LogP contribution in [0.5, 0.6) is 34.5 Å². The Morgan fingerprint density at radius 3 is 1.21 bits per heavy atom. The molecule has 1 aliphatic heterocycles. The van der Waals surface area contributed by atoms with Crippen molar-refractivity contribution in [3.05, 3.63) is 139 Å². The number of hydrogen-bond acceptors (Lipinski definition) is 7. The lowest BCUT2D eigenvalue weighted by Gasteiger charge is -2.42. The highest BCUT2D eigenvalue weighted by Gasteiger charge is 2.43. The Morgan fingerprint density at radius 2 is 0.825 bits per heavy atom. The predicted molar refractivity (Wildman–Crippen MR) is 231 cm³/mol. The fourth-order valence-electron chi connectivity index (χ4n) is 8.61. The highest BCUT2D eigenvalue weighted by Crippen LogP contribution is 2.69. The van der Waals surface area contributed by atoms with Crippen molar-refractivity contribution in [3.63, 3.8) is 0 Å². The molecule has 8 rings (SSSR count). The summed E-state index contributed by atoms with van der Waals surface area (Å²) in [5.41, 5.74) is 5.41. The number of benzene rings is 7. The van der Waals surface area contributed by atoms with Gasteiger partial charge in [-0.1, -0.05) is 111 Å². The Morgan fingerprint density at radius 1 is 0.456 bits per heavy atom. The summed E-state index contributed by atoms with van der Waals surface area (Å²) in [6.07, 6.45) is 0.783.